The number of alkyl halides is 3. The Hall–Kier alpha value is -1.12. The summed E-state index contributed by atoms with van der Waals surface area (Å²) in [6, 6.07) is 3.11. The van der Waals surface area contributed by atoms with E-state index >= 15 is 0 Å². The molecule has 0 spiro atoms. The highest BCUT2D eigenvalue weighted by Gasteiger charge is 2.36. The molecule has 1 aromatic rings. The number of halogens is 3. The lowest BCUT2D eigenvalue weighted by Gasteiger charge is -2.18. The minimum Gasteiger partial charge on any atom is -0.330 e. The fraction of sp³-hybridized carbons (Fsp3) is 0.538. The van der Waals surface area contributed by atoms with Crippen LogP contribution in [0.1, 0.15) is 17.5 Å². The lowest BCUT2D eigenvalue weighted by Crippen LogP contribution is -2.30. The summed E-state index contributed by atoms with van der Waals surface area (Å²) in [6.45, 7) is 2.22. The van der Waals surface area contributed by atoms with Crippen LogP contribution in [0.2, 0.25) is 0 Å². The van der Waals surface area contributed by atoms with Gasteiger partial charge in [0.2, 0.25) is 10.0 Å². The Balaban J connectivity index is 2.38. The van der Waals surface area contributed by atoms with Gasteiger partial charge in [-0.1, -0.05) is 6.07 Å². The van der Waals surface area contributed by atoms with E-state index in [1.165, 1.54) is 23.4 Å². The Morgan fingerprint density at radius 2 is 2.05 bits per heavy atom. The van der Waals surface area contributed by atoms with Gasteiger partial charge in [0.15, 0.2) is 0 Å². The van der Waals surface area contributed by atoms with E-state index in [0.29, 0.717) is 25.6 Å². The van der Waals surface area contributed by atoms with Crippen LogP contribution in [0, 0.1) is 12.8 Å². The van der Waals surface area contributed by atoms with Gasteiger partial charge in [-0.15, -0.1) is 0 Å². The van der Waals surface area contributed by atoms with Crippen molar-refractivity contribution in [3.63, 3.8) is 0 Å². The Morgan fingerprint density at radius 3 is 2.57 bits per heavy atom. The molecule has 8 heteroatoms. The highest BCUT2D eigenvalue weighted by atomic mass is 32.2. The minimum atomic E-state index is -4.57. The maximum absolute atomic E-state index is 12.9. The van der Waals surface area contributed by atoms with Gasteiger partial charge < -0.3 is 5.73 Å². The molecule has 0 aromatic heterocycles. The molecular weight excluding hydrogens is 305 g/mol. The molecule has 1 aliphatic rings. The van der Waals surface area contributed by atoms with Gasteiger partial charge in [-0.2, -0.15) is 17.5 Å². The van der Waals surface area contributed by atoms with Gasteiger partial charge in [-0.05, 0) is 43.5 Å². The summed E-state index contributed by atoms with van der Waals surface area (Å²) in [6.07, 6.45) is -3.94. The molecule has 1 aromatic carbocycles. The quantitative estimate of drug-likeness (QED) is 0.925. The molecule has 2 N–H and O–H groups in total. The monoisotopic (exact) mass is 322 g/mol. The SMILES string of the molecule is Cc1ccc(S(=O)(=O)N2CCC(CN)C2)cc1C(F)(F)F. The van der Waals surface area contributed by atoms with E-state index in [1.807, 2.05) is 0 Å². The number of nitrogens with zero attached hydrogens (tertiary/aromatic N) is 1. The summed E-state index contributed by atoms with van der Waals surface area (Å²) in [5.74, 6) is 0.0623. The second-order valence-electron chi connectivity index (χ2n) is 5.23. The van der Waals surface area contributed by atoms with Gasteiger partial charge in [-0.3, -0.25) is 0 Å². The summed E-state index contributed by atoms with van der Waals surface area (Å²) in [7, 11) is -3.90. The lowest BCUT2D eigenvalue weighted by molar-refractivity contribution is -0.138. The fourth-order valence-electron chi connectivity index (χ4n) is 2.42. The molecule has 0 saturated carbocycles. The zero-order chi connectivity index (χ0) is 15.8. The second kappa shape index (κ2) is 5.58. The molecule has 2 rings (SSSR count). The molecule has 1 heterocycles. The number of aryl methyl sites for hydroxylation is 1. The number of hydrogen-bond acceptors (Lipinski definition) is 3. The first-order valence-corrected chi connectivity index (χ1v) is 7.98. The van der Waals surface area contributed by atoms with Crippen molar-refractivity contribution in [3.05, 3.63) is 29.3 Å². The highest BCUT2D eigenvalue weighted by Crippen LogP contribution is 2.34. The second-order valence-corrected chi connectivity index (χ2v) is 7.17. The van der Waals surface area contributed by atoms with Crippen molar-refractivity contribution in [1.82, 2.24) is 4.31 Å². The van der Waals surface area contributed by atoms with E-state index in [2.05, 4.69) is 0 Å². The Kier molecular flexibility index (Phi) is 4.32. The smallest absolute Gasteiger partial charge is 0.330 e. The molecular formula is C13H17F3N2O2S. The summed E-state index contributed by atoms with van der Waals surface area (Å²) in [5.41, 5.74) is 4.59. The first-order chi connectivity index (χ1) is 9.66. The van der Waals surface area contributed by atoms with E-state index in [0.717, 1.165) is 0 Å². The number of nitrogens with two attached hydrogens (primary N) is 1. The third-order valence-corrected chi connectivity index (χ3v) is 5.60. The summed E-state index contributed by atoms with van der Waals surface area (Å²) < 4.78 is 64.7. The van der Waals surface area contributed by atoms with Gasteiger partial charge in [0.25, 0.3) is 0 Å². The third-order valence-electron chi connectivity index (χ3n) is 3.73. The van der Waals surface area contributed by atoms with Crippen molar-refractivity contribution in [2.75, 3.05) is 19.6 Å². The largest absolute Gasteiger partial charge is 0.416 e. The number of benzene rings is 1. The third kappa shape index (κ3) is 3.22. The zero-order valence-corrected chi connectivity index (χ0v) is 12.3. The molecule has 0 radical (unpaired) electrons. The van der Waals surface area contributed by atoms with Gasteiger partial charge in [0.1, 0.15) is 0 Å². The normalized spacial score (nSPS) is 20.9. The van der Waals surface area contributed by atoms with Gasteiger partial charge in [0, 0.05) is 13.1 Å². The summed E-state index contributed by atoms with van der Waals surface area (Å²) >= 11 is 0. The molecule has 1 atom stereocenters. The van der Waals surface area contributed by atoms with E-state index < -0.39 is 21.8 Å². The number of sulfonamides is 1. The van der Waals surface area contributed by atoms with E-state index in [-0.39, 0.29) is 22.9 Å². The van der Waals surface area contributed by atoms with Crippen molar-refractivity contribution in [3.8, 4) is 0 Å². The van der Waals surface area contributed by atoms with Crippen molar-refractivity contribution >= 4 is 10.0 Å². The molecule has 4 nitrogen and oxygen atoms in total. The fourth-order valence-corrected chi connectivity index (χ4v) is 3.98. The van der Waals surface area contributed by atoms with Crippen molar-refractivity contribution in [2.24, 2.45) is 11.7 Å². The van der Waals surface area contributed by atoms with Crippen LogP contribution in [0.25, 0.3) is 0 Å². The molecule has 1 saturated heterocycles. The van der Waals surface area contributed by atoms with Gasteiger partial charge in [0.05, 0.1) is 10.5 Å². The zero-order valence-electron chi connectivity index (χ0n) is 11.5. The Labute approximate surface area is 121 Å². The molecule has 118 valence electrons. The first kappa shape index (κ1) is 16.3. The number of hydrogen-bond donors (Lipinski definition) is 1. The van der Waals surface area contributed by atoms with E-state index in [4.69, 9.17) is 5.73 Å². The molecule has 0 aliphatic carbocycles. The standard InChI is InChI=1S/C13H17F3N2O2S/c1-9-2-3-11(6-12(9)13(14,15)16)21(19,20)18-5-4-10(7-17)8-18/h2-3,6,10H,4-5,7-8,17H2,1H3. The molecule has 21 heavy (non-hydrogen) atoms. The predicted octanol–water partition coefficient (Wildman–Crippen LogP) is 1.98. The van der Waals surface area contributed by atoms with Crippen LogP contribution in [0.4, 0.5) is 13.2 Å². The van der Waals surface area contributed by atoms with Crippen LogP contribution in [0.5, 0.6) is 0 Å². The van der Waals surface area contributed by atoms with Crippen LogP contribution < -0.4 is 5.73 Å². The molecule has 1 aliphatic heterocycles. The highest BCUT2D eigenvalue weighted by molar-refractivity contribution is 7.89. The average molecular weight is 322 g/mol. The van der Waals surface area contributed by atoms with Crippen LogP contribution in [0.15, 0.2) is 23.1 Å². The average Bonchev–Trinajstić information content (AvgIpc) is 2.87. The minimum absolute atomic E-state index is 0.00251. The Morgan fingerprint density at radius 1 is 1.38 bits per heavy atom. The molecule has 1 unspecified atom stereocenters. The first-order valence-electron chi connectivity index (χ1n) is 6.54. The predicted molar refractivity (Wildman–Crippen MR) is 72.1 cm³/mol. The van der Waals surface area contributed by atoms with Crippen molar-refractivity contribution < 1.29 is 21.6 Å². The maximum atomic E-state index is 12.9. The Bertz CT molecular complexity index is 629. The molecule has 0 amide bonds. The van der Waals surface area contributed by atoms with Gasteiger partial charge in [-0.25, -0.2) is 8.42 Å². The van der Waals surface area contributed by atoms with E-state index in [9.17, 15) is 21.6 Å². The maximum Gasteiger partial charge on any atom is 0.416 e. The lowest BCUT2D eigenvalue weighted by atomic mass is 10.1. The van der Waals surface area contributed by atoms with Crippen molar-refractivity contribution in [1.29, 1.82) is 0 Å². The van der Waals surface area contributed by atoms with E-state index in [1.54, 1.807) is 0 Å². The summed E-state index contributed by atoms with van der Waals surface area (Å²) in [4.78, 5) is -0.321. The number of rotatable bonds is 3. The molecule has 0 bridgehead atoms. The summed E-state index contributed by atoms with van der Waals surface area (Å²) in [5, 5.41) is 0. The van der Waals surface area contributed by atoms with Gasteiger partial charge >= 0.3 is 6.18 Å². The van der Waals surface area contributed by atoms with Crippen LogP contribution in [0.3, 0.4) is 0 Å². The van der Waals surface area contributed by atoms with Crippen LogP contribution in [-0.4, -0.2) is 32.4 Å². The molecule has 1 fully saturated rings. The van der Waals surface area contributed by atoms with Crippen LogP contribution >= 0.6 is 0 Å². The van der Waals surface area contributed by atoms with Crippen LogP contribution in [-0.2, 0) is 16.2 Å². The van der Waals surface area contributed by atoms with Crippen molar-refractivity contribution in [2.45, 2.75) is 24.4 Å². The topological polar surface area (TPSA) is 63.4 Å².